The second-order valence-corrected chi connectivity index (χ2v) is 9.54. The van der Waals surface area contributed by atoms with Gasteiger partial charge in [0.05, 0.1) is 6.10 Å². The van der Waals surface area contributed by atoms with Crippen LogP contribution in [0.1, 0.15) is 45.4 Å². The van der Waals surface area contributed by atoms with Crippen LogP contribution in [0.5, 0.6) is 0 Å². The van der Waals surface area contributed by atoms with E-state index in [4.69, 9.17) is 4.74 Å². The largest absolute Gasteiger partial charge is 0.365 e. The summed E-state index contributed by atoms with van der Waals surface area (Å²) < 4.78 is 29.9. The van der Waals surface area contributed by atoms with E-state index in [-0.39, 0.29) is 12.0 Å². The molecule has 0 aromatic carbocycles. The minimum atomic E-state index is -3.27. The highest BCUT2D eigenvalue weighted by atomic mass is 32.2. The van der Waals surface area contributed by atoms with Gasteiger partial charge >= 0.3 is 0 Å². The standard InChI is InChI=1S/C15H27NO4S2/c1-3-13(20-12-7-5-4-6-8-12)15(17)16-9-10-21-11-14(16)22(2,18)19/h12-14H,3-11H2,1-2H3/t13-,14-/m1/s1. The van der Waals surface area contributed by atoms with Crippen LogP contribution in [0, 0.1) is 0 Å². The number of nitrogens with zero attached hydrogens (tertiary/aromatic N) is 1. The van der Waals surface area contributed by atoms with Gasteiger partial charge < -0.3 is 9.64 Å². The fourth-order valence-electron chi connectivity index (χ4n) is 3.14. The number of thioether (sulfide) groups is 1. The van der Waals surface area contributed by atoms with Crippen LogP contribution in [0.15, 0.2) is 0 Å². The van der Waals surface area contributed by atoms with Crippen molar-refractivity contribution in [2.75, 3.05) is 24.3 Å². The first kappa shape index (κ1) is 18.1. The van der Waals surface area contributed by atoms with Crippen molar-refractivity contribution in [3.63, 3.8) is 0 Å². The highest BCUT2D eigenvalue weighted by Crippen LogP contribution is 2.25. The Hall–Kier alpha value is -0.270. The lowest BCUT2D eigenvalue weighted by Crippen LogP contribution is -2.53. The number of rotatable bonds is 5. The smallest absolute Gasteiger partial charge is 0.252 e. The maximum absolute atomic E-state index is 12.8. The molecule has 0 N–H and O–H groups in total. The van der Waals surface area contributed by atoms with Gasteiger partial charge in [0, 0.05) is 24.3 Å². The van der Waals surface area contributed by atoms with Crippen molar-refractivity contribution < 1.29 is 17.9 Å². The SMILES string of the molecule is CC[C@@H](OC1CCCCC1)C(=O)N1CCSC[C@H]1S(C)(=O)=O. The van der Waals surface area contributed by atoms with Gasteiger partial charge in [0.25, 0.3) is 5.91 Å². The van der Waals surface area contributed by atoms with E-state index in [2.05, 4.69) is 0 Å². The molecular formula is C15H27NO4S2. The zero-order chi connectivity index (χ0) is 16.2. The summed E-state index contributed by atoms with van der Waals surface area (Å²) in [6, 6.07) is 0. The lowest BCUT2D eigenvalue weighted by atomic mass is 9.97. The first-order chi connectivity index (χ1) is 10.4. The summed E-state index contributed by atoms with van der Waals surface area (Å²) in [5.74, 6) is 1.10. The quantitative estimate of drug-likeness (QED) is 0.760. The molecule has 0 radical (unpaired) electrons. The van der Waals surface area contributed by atoms with E-state index in [1.807, 2.05) is 6.92 Å². The molecule has 1 saturated heterocycles. The highest BCUT2D eigenvalue weighted by Gasteiger charge is 2.37. The monoisotopic (exact) mass is 349 g/mol. The van der Waals surface area contributed by atoms with Crippen molar-refractivity contribution in [2.45, 2.75) is 63.0 Å². The zero-order valence-corrected chi connectivity index (χ0v) is 15.1. The normalized spacial score (nSPS) is 25.9. The molecule has 1 heterocycles. The molecular weight excluding hydrogens is 322 g/mol. The molecule has 2 atom stereocenters. The molecule has 1 amide bonds. The fraction of sp³-hybridized carbons (Fsp3) is 0.933. The predicted octanol–water partition coefficient (Wildman–Crippen LogP) is 2.06. The molecule has 128 valence electrons. The maximum Gasteiger partial charge on any atom is 0.252 e. The average Bonchev–Trinajstić information content (AvgIpc) is 2.52. The summed E-state index contributed by atoms with van der Waals surface area (Å²) in [4.78, 5) is 14.3. The molecule has 0 aromatic rings. The van der Waals surface area contributed by atoms with E-state index in [1.54, 1.807) is 11.8 Å². The van der Waals surface area contributed by atoms with Crippen LogP contribution < -0.4 is 0 Å². The van der Waals surface area contributed by atoms with Gasteiger partial charge in [-0.2, -0.15) is 11.8 Å². The van der Waals surface area contributed by atoms with E-state index in [0.29, 0.717) is 18.7 Å². The van der Waals surface area contributed by atoms with Gasteiger partial charge in [-0.3, -0.25) is 4.79 Å². The molecule has 2 fully saturated rings. The van der Waals surface area contributed by atoms with Crippen molar-refractivity contribution in [2.24, 2.45) is 0 Å². The van der Waals surface area contributed by atoms with E-state index in [9.17, 15) is 13.2 Å². The number of sulfone groups is 1. The average molecular weight is 350 g/mol. The summed E-state index contributed by atoms with van der Waals surface area (Å²) in [5.41, 5.74) is 0. The van der Waals surface area contributed by atoms with Crippen LogP contribution in [-0.2, 0) is 19.4 Å². The second-order valence-electron chi connectivity index (χ2n) is 6.18. The molecule has 22 heavy (non-hydrogen) atoms. The Morgan fingerprint density at radius 1 is 1.32 bits per heavy atom. The third-order valence-electron chi connectivity index (χ3n) is 4.42. The first-order valence-electron chi connectivity index (χ1n) is 8.16. The molecule has 1 saturated carbocycles. The molecule has 0 aromatic heterocycles. The van der Waals surface area contributed by atoms with Crippen molar-refractivity contribution in [3.8, 4) is 0 Å². The molecule has 0 bridgehead atoms. The molecule has 2 rings (SSSR count). The van der Waals surface area contributed by atoms with E-state index in [0.717, 1.165) is 31.4 Å². The number of hydrogen-bond acceptors (Lipinski definition) is 5. The van der Waals surface area contributed by atoms with Crippen molar-refractivity contribution in [1.82, 2.24) is 4.90 Å². The van der Waals surface area contributed by atoms with Crippen LogP contribution >= 0.6 is 11.8 Å². The van der Waals surface area contributed by atoms with Crippen LogP contribution in [0.2, 0.25) is 0 Å². The summed E-state index contributed by atoms with van der Waals surface area (Å²) in [7, 11) is -3.27. The lowest BCUT2D eigenvalue weighted by Gasteiger charge is -2.37. The molecule has 7 heteroatoms. The Balaban J connectivity index is 2.05. The topological polar surface area (TPSA) is 63.7 Å². The molecule has 1 aliphatic heterocycles. The Bertz CT molecular complexity index is 474. The van der Waals surface area contributed by atoms with Gasteiger partial charge in [0.15, 0.2) is 9.84 Å². The highest BCUT2D eigenvalue weighted by molar-refractivity contribution is 8.00. The van der Waals surface area contributed by atoms with E-state index in [1.165, 1.54) is 17.6 Å². The van der Waals surface area contributed by atoms with Crippen LogP contribution in [0.4, 0.5) is 0 Å². The minimum absolute atomic E-state index is 0.149. The third-order valence-corrected chi connectivity index (χ3v) is 7.06. The Morgan fingerprint density at radius 2 is 2.00 bits per heavy atom. The number of carbonyl (C=O) groups excluding carboxylic acids is 1. The summed E-state index contributed by atoms with van der Waals surface area (Å²) >= 11 is 1.59. The predicted molar refractivity (Wildman–Crippen MR) is 89.7 cm³/mol. The summed E-state index contributed by atoms with van der Waals surface area (Å²) in [5, 5.41) is -0.706. The summed E-state index contributed by atoms with van der Waals surface area (Å²) in [6.45, 7) is 2.42. The van der Waals surface area contributed by atoms with Crippen molar-refractivity contribution in [1.29, 1.82) is 0 Å². The number of hydrogen-bond donors (Lipinski definition) is 0. The van der Waals surface area contributed by atoms with Crippen LogP contribution in [-0.4, -0.2) is 61.1 Å². The molecule has 5 nitrogen and oxygen atoms in total. The summed E-state index contributed by atoms with van der Waals surface area (Å²) in [6.07, 6.45) is 7.02. The zero-order valence-electron chi connectivity index (χ0n) is 13.5. The number of amides is 1. The van der Waals surface area contributed by atoms with Crippen LogP contribution in [0.25, 0.3) is 0 Å². The van der Waals surface area contributed by atoms with Crippen LogP contribution in [0.3, 0.4) is 0 Å². The van der Waals surface area contributed by atoms with Gasteiger partial charge in [0.1, 0.15) is 11.5 Å². The van der Waals surface area contributed by atoms with Gasteiger partial charge in [-0.05, 0) is 19.3 Å². The fourth-order valence-corrected chi connectivity index (χ4v) is 5.96. The van der Waals surface area contributed by atoms with Crippen molar-refractivity contribution in [3.05, 3.63) is 0 Å². The second kappa shape index (κ2) is 8.02. The van der Waals surface area contributed by atoms with Gasteiger partial charge in [-0.25, -0.2) is 8.42 Å². The lowest BCUT2D eigenvalue weighted by molar-refractivity contribution is -0.149. The first-order valence-corrected chi connectivity index (χ1v) is 11.3. The number of carbonyl (C=O) groups is 1. The van der Waals surface area contributed by atoms with Gasteiger partial charge in [-0.1, -0.05) is 26.2 Å². The molecule has 1 aliphatic carbocycles. The van der Waals surface area contributed by atoms with Crippen molar-refractivity contribution >= 4 is 27.5 Å². The Labute approximate surface area is 138 Å². The molecule has 0 unspecified atom stereocenters. The Kier molecular flexibility index (Phi) is 6.58. The van der Waals surface area contributed by atoms with E-state index >= 15 is 0 Å². The third kappa shape index (κ3) is 4.61. The van der Waals surface area contributed by atoms with Gasteiger partial charge in [-0.15, -0.1) is 0 Å². The minimum Gasteiger partial charge on any atom is -0.365 e. The van der Waals surface area contributed by atoms with E-state index < -0.39 is 21.3 Å². The molecule has 2 aliphatic rings. The molecule has 0 spiro atoms. The van der Waals surface area contributed by atoms with Gasteiger partial charge in [0.2, 0.25) is 0 Å². The Morgan fingerprint density at radius 3 is 2.59 bits per heavy atom. The number of ether oxygens (including phenoxy) is 1. The maximum atomic E-state index is 12.8.